The van der Waals surface area contributed by atoms with E-state index in [1.165, 1.54) is 26.0 Å². The van der Waals surface area contributed by atoms with Crippen molar-refractivity contribution in [2.75, 3.05) is 38.5 Å². The predicted molar refractivity (Wildman–Crippen MR) is 131 cm³/mol. The second kappa shape index (κ2) is 11.3. The molecular weight excluding hydrogens is 440 g/mol. The Labute approximate surface area is 197 Å². The monoisotopic (exact) mass is 474 g/mol. The molecule has 1 N–H and O–H groups in total. The summed E-state index contributed by atoms with van der Waals surface area (Å²) in [6.45, 7) is 5.17. The molecule has 0 bridgehead atoms. The molecule has 2 amide bonds. The number of hydrogen-bond acceptors (Lipinski definition) is 4. The highest BCUT2D eigenvalue weighted by Crippen LogP contribution is 2.25. The zero-order valence-electron chi connectivity index (χ0n) is 20.2. The van der Waals surface area contributed by atoms with Gasteiger partial charge in [0.25, 0.3) is 0 Å². The van der Waals surface area contributed by atoms with Crippen LogP contribution in [-0.4, -0.2) is 69.7 Å². The molecule has 0 fully saturated rings. The Morgan fingerprint density at radius 2 is 1.67 bits per heavy atom. The van der Waals surface area contributed by atoms with Crippen molar-refractivity contribution in [1.82, 2.24) is 14.5 Å². The molecule has 0 aliphatic rings. The summed E-state index contributed by atoms with van der Waals surface area (Å²) < 4.78 is 28.6. The SMILES string of the molecule is CNC(=O)[C@@H](C)N(CCc1ccccc1)C(=O)CN(c1cc(C)ccc1C)S(=O)(=O)N(C)C. The number of likely N-dealkylation sites (N-methyl/N-ethyl adjacent to an activating group) is 1. The van der Waals surface area contributed by atoms with E-state index in [-0.39, 0.29) is 12.5 Å². The lowest BCUT2D eigenvalue weighted by molar-refractivity contribution is -0.138. The molecule has 0 radical (unpaired) electrons. The van der Waals surface area contributed by atoms with Gasteiger partial charge in [-0.3, -0.25) is 9.59 Å². The molecule has 0 spiro atoms. The summed E-state index contributed by atoms with van der Waals surface area (Å²) in [6.07, 6.45) is 0.540. The fourth-order valence-corrected chi connectivity index (χ4v) is 4.58. The zero-order chi connectivity index (χ0) is 24.8. The highest BCUT2D eigenvalue weighted by molar-refractivity contribution is 7.90. The van der Waals surface area contributed by atoms with Gasteiger partial charge in [0.05, 0.1) is 5.69 Å². The van der Waals surface area contributed by atoms with Crippen molar-refractivity contribution < 1.29 is 18.0 Å². The molecule has 2 aromatic rings. The van der Waals surface area contributed by atoms with E-state index in [0.717, 1.165) is 25.3 Å². The van der Waals surface area contributed by atoms with Gasteiger partial charge in [-0.2, -0.15) is 12.7 Å². The van der Waals surface area contributed by atoms with Crippen LogP contribution in [0.2, 0.25) is 0 Å². The van der Waals surface area contributed by atoms with E-state index >= 15 is 0 Å². The molecule has 33 heavy (non-hydrogen) atoms. The van der Waals surface area contributed by atoms with Gasteiger partial charge in [-0.1, -0.05) is 42.5 Å². The van der Waals surface area contributed by atoms with E-state index < -0.39 is 28.7 Å². The van der Waals surface area contributed by atoms with Crippen LogP contribution >= 0.6 is 0 Å². The van der Waals surface area contributed by atoms with Gasteiger partial charge in [0.2, 0.25) is 11.8 Å². The van der Waals surface area contributed by atoms with Crippen LogP contribution in [0.5, 0.6) is 0 Å². The maximum Gasteiger partial charge on any atom is 0.304 e. The number of nitrogens with zero attached hydrogens (tertiary/aromatic N) is 3. The van der Waals surface area contributed by atoms with E-state index in [4.69, 9.17) is 0 Å². The van der Waals surface area contributed by atoms with Gasteiger partial charge in [0.15, 0.2) is 0 Å². The van der Waals surface area contributed by atoms with Crippen LogP contribution in [0.15, 0.2) is 48.5 Å². The third-order valence-corrected chi connectivity index (χ3v) is 7.36. The summed E-state index contributed by atoms with van der Waals surface area (Å²) in [7, 11) is 0.409. The minimum absolute atomic E-state index is 0.278. The molecule has 0 saturated heterocycles. The number of benzene rings is 2. The van der Waals surface area contributed by atoms with Gasteiger partial charge in [0, 0.05) is 27.7 Å². The summed E-state index contributed by atoms with van der Waals surface area (Å²) in [5.74, 6) is -0.765. The number of nitrogens with one attached hydrogen (secondary N) is 1. The average Bonchev–Trinajstić information content (AvgIpc) is 2.79. The normalized spacial score (nSPS) is 12.3. The van der Waals surface area contributed by atoms with Gasteiger partial charge in [-0.15, -0.1) is 0 Å². The minimum Gasteiger partial charge on any atom is -0.357 e. The van der Waals surface area contributed by atoms with Gasteiger partial charge in [-0.25, -0.2) is 4.31 Å². The molecule has 0 saturated carbocycles. The molecule has 9 heteroatoms. The maximum atomic E-state index is 13.5. The molecule has 8 nitrogen and oxygen atoms in total. The molecule has 0 heterocycles. The topological polar surface area (TPSA) is 90.0 Å². The molecule has 2 aromatic carbocycles. The number of hydrogen-bond donors (Lipinski definition) is 1. The molecular formula is C24H34N4O4S. The summed E-state index contributed by atoms with van der Waals surface area (Å²) in [5, 5.41) is 2.58. The fourth-order valence-electron chi connectivity index (χ4n) is 3.47. The third-order valence-electron chi connectivity index (χ3n) is 5.55. The van der Waals surface area contributed by atoms with Crippen LogP contribution in [0, 0.1) is 13.8 Å². The van der Waals surface area contributed by atoms with Crippen LogP contribution in [0.1, 0.15) is 23.6 Å². The smallest absolute Gasteiger partial charge is 0.304 e. The Balaban J connectivity index is 2.42. The van der Waals surface area contributed by atoms with Gasteiger partial charge >= 0.3 is 10.2 Å². The molecule has 0 aromatic heterocycles. The maximum absolute atomic E-state index is 13.5. The summed E-state index contributed by atoms with van der Waals surface area (Å²) >= 11 is 0. The van der Waals surface area contributed by atoms with E-state index in [2.05, 4.69) is 5.32 Å². The van der Waals surface area contributed by atoms with E-state index in [1.54, 1.807) is 19.9 Å². The summed E-state index contributed by atoms with van der Waals surface area (Å²) in [4.78, 5) is 27.3. The van der Waals surface area contributed by atoms with Crippen molar-refractivity contribution in [2.45, 2.75) is 33.2 Å². The van der Waals surface area contributed by atoms with Crippen LogP contribution in [0.3, 0.4) is 0 Å². The number of carbonyl (C=O) groups is 2. The first-order valence-corrected chi connectivity index (χ1v) is 12.2. The van der Waals surface area contributed by atoms with Gasteiger partial charge < -0.3 is 10.2 Å². The second-order valence-corrected chi connectivity index (χ2v) is 10.3. The molecule has 0 aliphatic heterocycles. The number of amides is 2. The second-order valence-electron chi connectivity index (χ2n) is 8.20. The largest absolute Gasteiger partial charge is 0.357 e. The van der Waals surface area contributed by atoms with Crippen molar-refractivity contribution >= 4 is 27.7 Å². The van der Waals surface area contributed by atoms with Crippen molar-refractivity contribution in [3.05, 3.63) is 65.2 Å². The first kappa shape index (κ1) is 26.3. The lowest BCUT2D eigenvalue weighted by Crippen LogP contribution is -2.53. The highest BCUT2D eigenvalue weighted by Gasteiger charge is 2.32. The Morgan fingerprint density at radius 1 is 1.03 bits per heavy atom. The lowest BCUT2D eigenvalue weighted by Gasteiger charge is -2.33. The highest BCUT2D eigenvalue weighted by atomic mass is 32.2. The zero-order valence-corrected chi connectivity index (χ0v) is 21.0. The quantitative estimate of drug-likeness (QED) is 0.571. The molecule has 2 rings (SSSR count). The van der Waals surface area contributed by atoms with Crippen LogP contribution < -0.4 is 9.62 Å². The summed E-state index contributed by atoms with van der Waals surface area (Å²) in [5.41, 5.74) is 3.06. The van der Waals surface area contributed by atoms with Crippen LogP contribution in [-0.2, 0) is 26.2 Å². The third kappa shape index (κ3) is 6.55. The van der Waals surface area contributed by atoms with Crippen molar-refractivity contribution in [2.24, 2.45) is 0 Å². The molecule has 180 valence electrons. The van der Waals surface area contributed by atoms with E-state index in [9.17, 15) is 18.0 Å². The summed E-state index contributed by atoms with van der Waals surface area (Å²) in [6, 6.07) is 14.3. The van der Waals surface area contributed by atoms with Gasteiger partial charge in [0.1, 0.15) is 12.6 Å². The standard InChI is InChI=1S/C24H34N4O4S/c1-18-12-13-19(2)22(16-18)28(33(31,32)26(5)6)17-23(29)27(20(3)24(30)25-4)15-14-21-10-8-7-9-11-21/h7-13,16,20H,14-15,17H2,1-6H3,(H,25,30)/t20-/m1/s1. The van der Waals surface area contributed by atoms with E-state index in [1.807, 2.05) is 49.4 Å². The first-order valence-electron chi connectivity index (χ1n) is 10.8. The molecule has 1 atom stereocenters. The van der Waals surface area contributed by atoms with Gasteiger partial charge in [-0.05, 0) is 49.9 Å². The number of aryl methyl sites for hydroxylation is 2. The first-order chi connectivity index (χ1) is 15.5. The Kier molecular flexibility index (Phi) is 9.01. The number of carbonyl (C=O) groups excluding carboxylic acids is 2. The van der Waals surface area contributed by atoms with Crippen molar-refractivity contribution in [1.29, 1.82) is 0 Å². The Bertz CT molecular complexity index is 1070. The molecule has 0 unspecified atom stereocenters. The van der Waals surface area contributed by atoms with Crippen LogP contribution in [0.25, 0.3) is 0 Å². The Hall–Kier alpha value is -2.91. The van der Waals surface area contributed by atoms with Crippen LogP contribution in [0.4, 0.5) is 5.69 Å². The average molecular weight is 475 g/mol. The fraction of sp³-hybridized carbons (Fsp3) is 0.417. The number of rotatable bonds is 10. The molecule has 0 aliphatic carbocycles. The Morgan fingerprint density at radius 3 is 2.24 bits per heavy atom. The van der Waals surface area contributed by atoms with E-state index in [0.29, 0.717) is 12.1 Å². The predicted octanol–water partition coefficient (Wildman–Crippen LogP) is 2.12. The minimum atomic E-state index is -3.96. The van der Waals surface area contributed by atoms with Crippen molar-refractivity contribution in [3.63, 3.8) is 0 Å². The number of anilines is 1. The lowest BCUT2D eigenvalue weighted by atomic mass is 10.1. The van der Waals surface area contributed by atoms with Crippen molar-refractivity contribution in [3.8, 4) is 0 Å².